The lowest BCUT2D eigenvalue weighted by Crippen LogP contribution is -1.90. The lowest BCUT2D eigenvalue weighted by molar-refractivity contribution is 0.478. The van der Waals surface area contributed by atoms with Crippen molar-refractivity contribution in [1.82, 2.24) is 0 Å². The van der Waals surface area contributed by atoms with Crippen LogP contribution in [0, 0.1) is 0 Å². The van der Waals surface area contributed by atoms with Crippen molar-refractivity contribution >= 4 is 31.9 Å². The van der Waals surface area contributed by atoms with E-state index in [9.17, 15) is 0 Å². The molecule has 0 aromatic heterocycles. The Labute approximate surface area is 124 Å². The number of halogens is 2. The molecule has 0 saturated carbocycles. The Hall–Kier alpha value is -0.800. The Kier molecular flexibility index (Phi) is 4.84. The fourth-order valence-corrected chi connectivity index (χ4v) is 2.55. The van der Waals surface area contributed by atoms with E-state index in [2.05, 4.69) is 57.0 Å². The van der Waals surface area contributed by atoms with E-state index in [1.54, 1.807) is 0 Å². The number of rotatable bonds is 4. The fraction of sp³-hybridized carbons (Fsp3) is 0.200. The van der Waals surface area contributed by atoms with Crippen molar-refractivity contribution in [3.8, 4) is 11.5 Å². The smallest absolute Gasteiger partial charge is 0.131 e. The Morgan fingerprint density at radius 2 is 1.94 bits per heavy atom. The zero-order chi connectivity index (χ0) is 13.0. The average Bonchev–Trinajstić information content (AvgIpc) is 2.41. The van der Waals surface area contributed by atoms with Crippen molar-refractivity contribution in [2.24, 2.45) is 0 Å². The predicted octanol–water partition coefficient (Wildman–Crippen LogP) is 5.70. The van der Waals surface area contributed by atoms with Gasteiger partial charge in [-0.25, -0.2) is 0 Å². The highest BCUT2D eigenvalue weighted by Gasteiger charge is 2.05. The molecule has 0 aliphatic heterocycles. The van der Waals surface area contributed by atoms with Gasteiger partial charge in [-0.2, -0.15) is 0 Å². The van der Waals surface area contributed by atoms with Crippen LogP contribution >= 0.6 is 31.9 Å². The van der Waals surface area contributed by atoms with Gasteiger partial charge in [0.25, 0.3) is 0 Å². The van der Waals surface area contributed by atoms with Crippen molar-refractivity contribution in [3.05, 3.63) is 58.1 Å². The maximum absolute atomic E-state index is 5.95. The molecule has 0 aliphatic carbocycles. The highest BCUT2D eigenvalue weighted by Crippen LogP contribution is 2.29. The van der Waals surface area contributed by atoms with Crippen LogP contribution < -0.4 is 4.74 Å². The van der Waals surface area contributed by atoms with Gasteiger partial charge in [0.15, 0.2) is 0 Å². The van der Waals surface area contributed by atoms with Crippen LogP contribution in [0.2, 0.25) is 0 Å². The molecule has 0 spiro atoms. The van der Waals surface area contributed by atoms with Crippen LogP contribution in [-0.4, -0.2) is 0 Å². The summed E-state index contributed by atoms with van der Waals surface area (Å²) in [6.45, 7) is 2.14. The van der Waals surface area contributed by atoms with Crippen molar-refractivity contribution in [1.29, 1.82) is 0 Å². The maximum atomic E-state index is 5.95. The Morgan fingerprint density at radius 3 is 2.67 bits per heavy atom. The fourth-order valence-electron chi connectivity index (χ4n) is 1.71. The Morgan fingerprint density at radius 1 is 1.11 bits per heavy atom. The summed E-state index contributed by atoms with van der Waals surface area (Å²) in [6, 6.07) is 14.2. The first kappa shape index (κ1) is 13.6. The SMILES string of the molecule is CCc1cccc(Oc2ccc(Br)cc2CBr)c1. The first-order chi connectivity index (χ1) is 8.72. The largest absolute Gasteiger partial charge is 0.457 e. The van der Waals surface area contributed by atoms with E-state index in [4.69, 9.17) is 4.74 Å². The molecule has 2 rings (SSSR count). The van der Waals surface area contributed by atoms with E-state index in [0.29, 0.717) is 0 Å². The monoisotopic (exact) mass is 368 g/mol. The van der Waals surface area contributed by atoms with Crippen molar-refractivity contribution in [3.63, 3.8) is 0 Å². The zero-order valence-electron chi connectivity index (χ0n) is 10.1. The first-order valence-corrected chi connectivity index (χ1v) is 7.75. The molecular weight excluding hydrogens is 356 g/mol. The highest BCUT2D eigenvalue weighted by molar-refractivity contribution is 9.10. The van der Waals surface area contributed by atoms with Crippen molar-refractivity contribution in [2.75, 3.05) is 0 Å². The van der Waals surface area contributed by atoms with Gasteiger partial charge in [-0.15, -0.1) is 0 Å². The van der Waals surface area contributed by atoms with Crippen LogP contribution in [0.1, 0.15) is 18.1 Å². The molecule has 0 fully saturated rings. The molecule has 0 N–H and O–H groups in total. The molecule has 0 saturated heterocycles. The number of ether oxygens (including phenoxy) is 1. The van der Waals surface area contributed by atoms with Crippen LogP contribution in [0.15, 0.2) is 46.9 Å². The molecule has 0 heterocycles. The number of benzene rings is 2. The van der Waals surface area contributed by atoms with Gasteiger partial charge >= 0.3 is 0 Å². The van der Waals surface area contributed by atoms with E-state index in [0.717, 1.165) is 33.3 Å². The lowest BCUT2D eigenvalue weighted by atomic mass is 10.1. The highest BCUT2D eigenvalue weighted by atomic mass is 79.9. The van der Waals surface area contributed by atoms with Crippen molar-refractivity contribution in [2.45, 2.75) is 18.7 Å². The molecule has 18 heavy (non-hydrogen) atoms. The number of alkyl halides is 1. The van der Waals surface area contributed by atoms with Gasteiger partial charge in [0.1, 0.15) is 11.5 Å². The van der Waals surface area contributed by atoms with E-state index in [1.165, 1.54) is 5.56 Å². The summed E-state index contributed by atoms with van der Waals surface area (Å²) in [5.41, 5.74) is 2.41. The molecule has 0 aliphatic rings. The summed E-state index contributed by atoms with van der Waals surface area (Å²) < 4.78 is 7.01. The van der Waals surface area contributed by atoms with Gasteiger partial charge in [-0.05, 0) is 42.3 Å². The van der Waals surface area contributed by atoms with Gasteiger partial charge in [-0.3, -0.25) is 0 Å². The van der Waals surface area contributed by atoms with Crippen LogP contribution in [0.25, 0.3) is 0 Å². The normalized spacial score (nSPS) is 10.4. The summed E-state index contributed by atoms with van der Waals surface area (Å²) in [4.78, 5) is 0. The Bertz CT molecular complexity index is 538. The minimum absolute atomic E-state index is 0.773. The number of hydrogen-bond acceptors (Lipinski definition) is 1. The summed E-state index contributed by atoms with van der Waals surface area (Å²) in [5, 5.41) is 0.773. The summed E-state index contributed by atoms with van der Waals surface area (Å²) >= 11 is 6.95. The molecule has 0 radical (unpaired) electrons. The third kappa shape index (κ3) is 3.36. The van der Waals surface area contributed by atoms with Crippen LogP contribution in [-0.2, 0) is 11.8 Å². The second-order valence-electron chi connectivity index (χ2n) is 3.99. The van der Waals surface area contributed by atoms with E-state index in [1.807, 2.05) is 24.3 Å². The van der Waals surface area contributed by atoms with Crippen molar-refractivity contribution < 1.29 is 4.74 Å². The summed E-state index contributed by atoms with van der Waals surface area (Å²) in [7, 11) is 0. The third-order valence-corrected chi connectivity index (χ3v) is 3.80. The molecule has 94 valence electrons. The molecule has 0 bridgehead atoms. The van der Waals surface area contributed by atoms with Gasteiger partial charge in [-0.1, -0.05) is 50.9 Å². The second kappa shape index (κ2) is 6.39. The van der Waals surface area contributed by atoms with Crippen LogP contribution in [0.3, 0.4) is 0 Å². The quantitative estimate of drug-likeness (QED) is 0.628. The summed E-state index contributed by atoms with van der Waals surface area (Å²) in [5.74, 6) is 1.78. The zero-order valence-corrected chi connectivity index (χ0v) is 13.3. The maximum Gasteiger partial charge on any atom is 0.131 e. The number of hydrogen-bond donors (Lipinski definition) is 0. The molecule has 2 aromatic rings. The minimum atomic E-state index is 0.773. The molecule has 1 nitrogen and oxygen atoms in total. The van der Waals surface area contributed by atoms with Gasteiger partial charge in [0, 0.05) is 15.4 Å². The van der Waals surface area contributed by atoms with E-state index < -0.39 is 0 Å². The predicted molar refractivity (Wildman–Crippen MR) is 82.7 cm³/mol. The summed E-state index contributed by atoms with van der Waals surface area (Å²) in [6.07, 6.45) is 1.02. The Balaban J connectivity index is 2.27. The molecule has 0 atom stereocenters. The molecule has 0 unspecified atom stereocenters. The molecule has 0 amide bonds. The minimum Gasteiger partial charge on any atom is -0.457 e. The molecule has 2 aromatic carbocycles. The topological polar surface area (TPSA) is 9.23 Å². The van der Waals surface area contributed by atoms with Gasteiger partial charge in [0.05, 0.1) is 0 Å². The molecular formula is C15H14Br2O. The average molecular weight is 370 g/mol. The van der Waals surface area contributed by atoms with Gasteiger partial charge in [0.2, 0.25) is 0 Å². The molecule has 3 heteroatoms. The standard InChI is InChI=1S/C15H14Br2O/c1-2-11-4-3-5-14(8-11)18-15-7-6-13(17)9-12(15)10-16/h3-9H,2,10H2,1H3. The third-order valence-electron chi connectivity index (χ3n) is 2.70. The van der Waals surface area contributed by atoms with Crippen LogP contribution in [0.4, 0.5) is 0 Å². The van der Waals surface area contributed by atoms with E-state index >= 15 is 0 Å². The second-order valence-corrected chi connectivity index (χ2v) is 5.47. The number of aryl methyl sites for hydroxylation is 1. The van der Waals surface area contributed by atoms with Crippen LogP contribution in [0.5, 0.6) is 11.5 Å². The van der Waals surface area contributed by atoms with Gasteiger partial charge < -0.3 is 4.74 Å². The van der Waals surface area contributed by atoms with E-state index in [-0.39, 0.29) is 0 Å². The first-order valence-electron chi connectivity index (χ1n) is 5.84. The lowest BCUT2D eigenvalue weighted by Gasteiger charge is -2.11.